The molecule has 0 spiro atoms. The van der Waals surface area contributed by atoms with Crippen LogP contribution in [0.5, 0.6) is 0 Å². The summed E-state index contributed by atoms with van der Waals surface area (Å²) in [5, 5.41) is 8.91. The molecule has 0 rings (SSSR count). The Hall–Kier alpha value is 1.01. The summed E-state index contributed by atoms with van der Waals surface area (Å²) >= 11 is 5.08. The molecule has 56 valence electrons. The van der Waals surface area contributed by atoms with Crippen LogP contribution in [0.3, 0.4) is 0 Å². The van der Waals surface area contributed by atoms with E-state index in [1.54, 1.807) is 35.3 Å². The van der Waals surface area contributed by atoms with Gasteiger partial charge in [-0.1, -0.05) is 0 Å². The van der Waals surface area contributed by atoms with Crippen molar-refractivity contribution in [1.82, 2.24) is 0 Å². The molecule has 0 saturated carbocycles. The van der Waals surface area contributed by atoms with Crippen LogP contribution in [-0.4, -0.2) is 33.9 Å². The number of aliphatic hydroxyl groups is 1. The van der Waals surface area contributed by atoms with Gasteiger partial charge in [0, 0.05) is 0 Å². The van der Waals surface area contributed by atoms with Gasteiger partial charge in [-0.15, -0.1) is 35.3 Å². The predicted molar refractivity (Wildman–Crippen MR) is 50.4 cm³/mol. The first kappa shape index (κ1) is 10.0. The third kappa shape index (κ3) is 2.62. The van der Waals surface area contributed by atoms with Gasteiger partial charge in [-0.2, -0.15) is 0 Å². The van der Waals surface area contributed by atoms with Crippen molar-refractivity contribution >= 4 is 35.3 Å². The van der Waals surface area contributed by atoms with Crippen LogP contribution >= 0.6 is 35.3 Å². The molecule has 0 aliphatic carbocycles. The summed E-state index contributed by atoms with van der Waals surface area (Å²) < 4.78 is -0.0278. The van der Waals surface area contributed by atoms with Crippen LogP contribution in [0.15, 0.2) is 0 Å². The van der Waals surface area contributed by atoms with Crippen molar-refractivity contribution in [3.63, 3.8) is 0 Å². The molecule has 0 saturated heterocycles. The minimum absolute atomic E-state index is 0.0278. The lowest BCUT2D eigenvalue weighted by Crippen LogP contribution is -2.18. The van der Waals surface area contributed by atoms with E-state index >= 15 is 0 Å². The van der Waals surface area contributed by atoms with E-state index in [-0.39, 0.29) is 10.0 Å². The predicted octanol–water partition coefficient (Wildman–Crippen LogP) is 1.72. The first-order valence-corrected chi connectivity index (χ1v) is 6.18. The van der Waals surface area contributed by atoms with Gasteiger partial charge < -0.3 is 5.11 Å². The van der Waals surface area contributed by atoms with Gasteiger partial charge in [0.15, 0.2) is 0 Å². The molecule has 0 aromatic carbocycles. The Morgan fingerprint density at radius 1 is 1.11 bits per heavy atom. The van der Waals surface area contributed by atoms with Crippen molar-refractivity contribution in [3.05, 3.63) is 0 Å². The summed E-state index contributed by atoms with van der Waals surface area (Å²) in [6, 6.07) is 0. The maximum Gasteiger partial charge on any atom is 0.129 e. The molecule has 0 unspecified atom stereocenters. The van der Waals surface area contributed by atoms with Crippen molar-refractivity contribution in [1.29, 1.82) is 0 Å². The summed E-state index contributed by atoms with van der Waals surface area (Å²) in [5.41, 5.74) is 0. The second-order valence-corrected chi connectivity index (χ2v) is 5.54. The lowest BCUT2D eigenvalue weighted by atomic mass is 10.8. The first-order valence-electron chi connectivity index (χ1n) is 2.51. The molecule has 0 amide bonds. The van der Waals surface area contributed by atoms with E-state index in [1.807, 2.05) is 18.8 Å². The minimum atomic E-state index is -0.0278. The van der Waals surface area contributed by atoms with Gasteiger partial charge in [-0.25, -0.2) is 0 Å². The average molecular weight is 184 g/mol. The Kier molecular flexibility index (Phi) is 5.30. The molecule has 9 heavy (non-hydrogen) atoms. The van der Waals surface area contributed by atoms with Gasteiger partial charge in [0.25, 0.3) is 0 Å². The summed E-state index contributed by atoms with van der Waals surface area (Å²) in [4.78, 5) is 0. The Morgan fingerprint density at radius 3 is 1.44 bits per heavy atom. The number of hydrogen-bond acceptors (Lipinski definition) is 4. The number of aliphatic hydroxyl groups excluding tert-OH is 1. The van der Waals surface area contributed by atoms with Gasteiger partial charge in [-0.3, -0.25) is 0 Å². The lowest BCUT2D eigenvalue weighted by Gasteiger charge is -2.24. The van der Waals surface area contributed by atoms with Crippen molar-refractivity contribution in [2.75, 3.05) is 25.4 Å². The molecular formula is C5H12OS3. The Labute approximate surface area is 69.4 Å². The fraction of sp³-hybridized carbons (Fsp3) is 1.00. The molecule has 0 radical (unpaired) electrons. The molecule has 4 heteroatoms. The van der Waals surface area contributed by atoms with Gasteiger partial charge in [0.2, 0.25) is 0 Å². The highest BCUT2D eigenvalue weighted by Gasteiger charge is 2.24. The zero-order valence-corrected chi connectivity index (χ0v) is 8.33. The zero-order valence-electron chi connectivity index (χ0n) is 5.88. The van der Waals surface area contributed by atoms with E-state index in [0.717, 1.165) is 0 Å². The molecule has 1 N–H and O–H groups in total. The summed E-state index contributed by atoms with van der Waals surface area (Å²) in [6.07, 6.45) is 6.05. The monoisotopic (exact) mass is 184 g/mol. The molecule has 0 fully saturated rings. The van der Waals surface area contributed by atoms with Crippen LogP contribution in [0, 0.1) is 0 Å². The lowest BCUT2D eigenvalue weighted by molar-refractivity contribution is 0.309. The molecule has 0 aliphatic heterocycles. The molecule has 0 aromatic heterocycles. The summed E-state index contributed by atoms with van der Waals surface area (Å²) in [5.74, 6) is 0. The molecule has 0 aliphatic rings. The molecule has 0 atom stereocenters. The zero-order chi connectivity index (χ0) is 7.33. The number of rotatable bonds is 4. The Bertz CT molecular complexity index is 55.1. The van der Waals surface area contributed by atoms with Gasteiger partial charge in [0.1, 0.15) is 3.41 Å². The molecule has 0 heterocycles. The van der Waals surface area contributed by atoms with Crippen molar-refractivity contribution in [2.24, 2.45) is 0 Å². The van der Waals surface area contributed by atoms with E-state index in [2.05, 4.69) is 0 Å². The van der Waals surface area contributed by atoms with E-state index in [4.69, 9.17) is 5.11 Å². The number of thioether (sulfide) groups is 3. The van der Waals surface area contributed by atoms with Crippen molar-refractivity contribution < 1.29 is 5.11 Å². The standard InChI is InChI=1S/C5H12OS3/c1-7-5(4-6,8-2)9-3/h6H,4H2,1-3H3. The van der Waals surface area contributed by atoms with Gasteiger partial charge in [-0.05, 0) is 18.8 Å². The van der Waals surface area contributed by atoms with Gasteiger partial charge in [0.05, 0.1) is 6.61 Å². The number of hydrogen-bond donors (Lipinski definition) is 1. The fourth-order valence-electron chi connectivity index (χ4n) is 0.444. The highest BCUT2D eigenvalue weighted by molar-refractivity contribution is 8.33. The Morgan fingerprint density at radius 2 is 1.44 bits per heavy atom. The molecule has 0 aromatic rings. The van der Waals surface area contributed by atoms with E-state index in [9.17, 15) is 0 Å². The van der Waals surface area contributed by atoms with Crippen molar-refractivity contribution in [2.45, 2.75) is 3.41 Å². The highest BCUT2D eigenvalue weighted by Crippen LogP contribution is 2.42. The average Bonchev–Trinajstić information content (AvgIpc) is 1.95. The van der Waals surface area contributed by atoms with E-state index < -0.39 is 0 Å². The topological polar surface area (TPSA) is 20.2 Å². The third-order valence-electron chi connectivity index (χ3n) is 1.13. The van der Waals surface area contributed by atoms with Gasteiger partial charge >= 0.3 is 0 Å². The molecule has 0 bridgehead atoms. The minimum Gasteiger partial charge on any atom is -0.393 e. The quantitative estimate of drug-likeness (QED) is 0.671. The van der Waals surface area contributed by atoms with Crippen LogP contribution in [0.25, 0.3) is 0 Å². The molecular weight excluding hydrogens is 172 g/mol. The largest absolute Gasteiger partial charge is 0.393 e. The third-order valence-corrected chi connectivity index (χ3v) is 6.38. The summed E-state index contributed by atoms with van der Waals surface area (Å²) in [6.45, 7) is 0.233. The van der Waals surface area contributed by atoms with Crippen molar-refractivity contribution in [3.8, 4) is 0 Å². The highest BCUT2D eigenvalue weighted by atomic mass is 32.3. The maximum absolute atomic E-state index is 8.91. The van der Waals surface area contributed by atoms with E-state index in [1.165, 1.54) is 0 Å². The molecule has 1 nitrogen and oxygen atoms in total. The van der Waals surface area contributed by atoms with E-state index in [0.29, 0.717) is 0 Å². The Balaban J connectivity index is 3.82. The maximum atomic E-state index is 8.91. The second kappa shape index (κ2) is 4.77. The normalized spacial score (nSPS) is 12.0. The first-order chi connectivity index (χ1) is 4.24. The fourth-order valence-corrected chi connectivity index (χ4v) is 2.83. The van der Waals surface area contributed by atoms with Crippen LogP contribution < -0.4 is 0 Å². The SMILES string of the molecule is CSC(CO)(SC)SC. The second-order valence-electron chi connectivity index (χ2n) is 1.45. The summed E-state index contributed by atoms with van der Waals surface area (Å²) in [7, 11) is 0. The van der Waals surface area contributed by atoms with Crippen LogP contribution in [0.4, 0.5) is 0 Å². The van der Waals surface area contributed by atoms with Crippen LogP contribution in [0.1, 0.15) is 0 Å². The smallest absolute Gasteiger partial charge is 0.129 e. The van der Waals surface area contributed by atoms with Crippen LogP contribution in [-0.2, 0) is 0 Å². The van der Waals surface area contributed by atoms with Crippen LogP contribution in [0.2, 0.25) is 0 Å².